The van der Waals surface area contributed by atoms with Gasteiger partial charge in [0.05, 0.1) is 30.7 Å². The predicted molar refractivity (Wildman–Crippen MR) is 123 cm³/mol. The fourth-order valence-electron chi connectivity index (χ4n) is 3.07. The molecule has 0 aliphatic rings. The molecular formula is C22H23F3N4O2S2. The van der Waals surface area contributed by atoms with Crippen molar-refractivity contribution in [2.75, 3.05) is 18.8 Å². The molecule has 2 heterocycles. The summed E-state index contributed by atoms with van der Waals surface area (Å²) in [5.74, 6) is -0.778. The second-order valence-corrected chi connectivity index (χ2v) is 9.02. The van der Waals surface area contributed by atoms with E-state index in [1.165, 1.54) is 22.4 Å². The van der Waals surface area contributed by atoms with Gasteiger partial charge in [-0.3, -0.25) is 9.59 Å². The van der Waals surface area contributed by atoms with Crippen molar-refractivity contribution in [1.82, 2.24) is 19.8 Å². The number of imidazole rings is 1. The van der Waals surface area contributed by atoms with Crippen LogP contribution in [0.15, 0.2) is 59.2 Å². The van der Waals surface area contributed by atoms with Gasteiger partial charge in [-0.2, -0.15) is 13.2 Å². The summed E-state index contributed by atoms with van der Waals surface area (Å²) in [5.41, 5.74) is 0.924. The van der Waals surface area contributed by atoms with Gasteiger partial charge in [0.1, 0.15) is 6.54 Å². The van der Waals surface area contributed by atoms with Crippen LogP contribution in [0.5, 0.6) is 0 Å². The number of amides is 2. The molecule has 0 atom stereocenters. The highest BCUT2D eigenvalue weighted by Gasteiger charge is 2.31. The van der Waals surface area contributed by atoms with Crippen molar-refractivity contribution in [2.24, 2.45) is 0 Å². The summed E-state index contributed by atoms with van der Waals surface area (Å²) in [6.07, 6.45) is -3.07. The number of alkyl halides is 3. The minimum Gasteiger partial charge on any atom is -0.350 e. The topological polar surface area (TPSA) is 67.2 Å². The molecule has 0 spiro atoms. The summed E-state index contributed by atoms with van der Waals surface area (Å²) in [4.78, 5) is 31.4. The minimum absolute atomic E-state index is 0.0951. The molecule has 1 N–H and O–H groups in total. The molecule has 11 heteroatoms. The van der Waals surface area contributed by atoms with Gasteiger partial charge in [-0.1, -0.05) is 48.2 Å². The third kappa shape index (κ3) is 7.36. The lowest BCUT2D eigenvalue weighted by molar-refractivity contribution is -0.141. The van der Waals surface area contributed by atoms with Crippen LogP contribution in [-0.2, 0) is 22.7 Å². The molecule has 0 fully saturated rings. The van der Waals surface area contributed by atoms with Crippen LogP contribution in [0.2, 0.25) is 0 Å². The van der Waals surface area contributed by atoms with E-state index in [0.29, 0.717) is 24.3 Å². The predicted octanol–water partition coefficient (Wildman–Crippen LogP) is 4.43. The normalized spacial score (nSPS) is 11.4. The summed E-state index contributed by atoms with van der Waals surface area (Å²) in [7, 11) is 0. The van der Waals surface area contributed by atoms with Crippen molar-refractivity contribution in [2.45, 2.75) is 31.3 Å². The third-order valence-electron chi connectivity index (χ3n) is 4.66. The number of aromatic nitrogens is 2. The molecule has 0 unspecified atom stereocenters. The molecule has 2 amide bonds. The van der Waals surface area contributed by atoms with E-state index in [0.717, 1.165) is 21.2 Å². The number of nitrogens with one attached hydrogen (secondary N) is 1. The van der Waals surface area contributed by atoms with Crippen molar-refractivity contribution < 1.29 is 22.8 Å². The van der Waals surface area contributed by atoms with E-state index in [1.54, 1.807) is 37.3 Å². The molecule has 3 rings (SSSR count). The highest BCUT2D eigenvalue weighted by molar-refractivity contribution is 7.99. The Balaban J connectivity index is 1.64. The van der Waals surface area contributed by atoms with E-state index >= 15 is 0 Å². The zero-order valence-electron chi connectivity index (χ0n) is 17.8. The van der Waals surface area contributed by atoms with Gasteiger partial charge in [-0.25, -0.2) is 4.98 Å². The van der Waals surface area contributed by atoms with Gasteiger partial charge in [0.25, 0.3) is 0 Å². The van der Waals surface area contributed by atoms with Gasteiger partial charge in [0.2, 0.25) is 11.8 Å². The number of nitrogens with zero attached hydrogens (tertiary/aromatic N) is 3. The van der Waals surface area contributed by atoms with Crippen LogP contribution in [0.25, 0.3) is 11.3 Å². The average molecular weight is 497 g/mol. The highest BCUT2D eigenvalue weighted by atomic mass is 32.2. The number of hydrogen-bond acceptors (Lipinski definition) is 5. The Morgan fingerprint density at radius 1 is 1.18 bits per heavy atom. The molecule has 3 aromatic rings. The first kappa shape index (κ1) is 24.8. The zero-order valence-corrected chi connectivity index (χ0v) is 19.5. The fraction of sp³-hybridized carbons (Fsp3) is 0.318. The molecule has 0 bridgehead atoms. The molecule has 33 heavy (non-hydrogen) atoms. The second kappa shape index (κ2) is 11.4. The third-order valence-corrected chi connectivity index (χ3v) is 6.51. The summed E-state index contributed by atoms with van der Waals surface area (Å²) in [5, 5.41) is 4.77. The van der Waals surface area contributed by atoms with Crippen LogP contribution in [0.1, 0.15) is 11.8 Å². The Morgan fingerprint density at radius 2 is 1.94 bits per heavy atom. The Bertz CT molecular complexity index is 1050. The van der Waals surface area contributed by atoms with Gasteiger partial charge in [-0.05, 0) is 23.9 Å². The first-order chi connectivity index (χ1) is 15.8. The second-order valence-electron chi connectivity index (χ2n) is 7.05. The largest absolute Gasteiger partial charge is 0.406 e. The molecule has 2 aromatic heterocycles. The van der Waals surface area contributed by atoms with Gasteiger partial charge < -0.3 is 14.8 Å². The Kier molecular flexibility index (Phi) is 8.56. The van der Waals surface area contributed by atoms with Gasteiger partial charge in [0, 0.05) is 11.4 Å². The number of thiophene rings is 1. The van der Waals surface area contributed by atoms with Crippen LogP contribution in [0.3, 0.4) is 0 Å². The summed E-state index contributed by atoms with van der Waals surface area (Å²) >= 11 is 2.44. The minimum atomic E-state index is -4.44. The maximum atomic E-state index is 13.2. The quantitative estimate of drug-likeness (QED) is 0.422. The van der Waals surface area contributed by atoms with Crippen LogP contribution >= 0.6 is 23.1 Å². The molecule has 0 saturated heterocycles. The molecule has 1 aromatic carbocycles. The van der Waals surface area contributed by atoms with Crippen molar-refractivity contribution >= 4 is 34.9 Å². The maximum absolute atomic E-state index is 13.2. The number of thioether (sulfide) groups is 1. The van der Waals surface area contributed by atoms with Crippen LogP contribution in [0.4, 0.5) is 13.2 Å². The first-order valence-corrected chi connectivity index (χ1v) is 12.0. The lowest BCUT2D eigenvalue weighted by Crippen LogP contribution is -2.41. The van der Waals surface area contributed by atoms with E-state index in [2.05, 4.69) is 10.3 Å². The van der Waals surface area contributed by atoms with Crippen molar-refractivity contribution in [3.63, 3.8) is 0 Å². The molecule has 6 nitrogen and oxygen atoms in total. The number of halogens is 3. The maximum Gasteiger partial charge on any atom is 0.406 e. The number of rotatable bonds is 10. The van der Waals surface area contributed by atoms with Crippen LogP contribution < -0.4 is 5.32 Å². The number of carbonyl (C=O) groups excluding carboxylic acids is 2. The van der Waals surface area contributed by atoms with Crippen molar-refractivity contribution in [3.8, 4) is 11.3 Å². The number of hydrogen-bond donors (Lipinski definition) is 1. The van der Waals surface area contributed by atoms with Crippen LogP contribution in [-0.4, -0.2) is 51.3 Å². The Labute approximate surface area is 197 Å². The van der Waals surface area contributed by atoms with Gasteiger partial charge in [0.15, 0.2) is 5.16 Å². The van der Waals surface area contributed by atoms with E-state index < -0.39 is 12.7 Å². The number of carbonyl (C=O) groups is 2. The molecular weight excluding hydrogens is 473 g/mol. The van der Waals surface area contributed by atoms with E-state index in [9.17, 15) is 22.8 Å². The zero-order chi connectivity index (χ0) is 23.8. The van der Waals surface area contributed by atoms with E-state index in [1.807, 2.05) is 17.5 Å². The lowest BCUT2D eigenvalue weighted by atomic mass is 10.2. The highest BCUT2D eigenvalue weighted by Crippen LogP contribution is 2.30. The average Bonchev–Trinajstić information content (AvgIpc) is 3.44. The Morgan fingerprint density at radius 3 is 2.58 bits per heavy atom. The monoisotopic (exact) mass is 496 g/mol. The molecule has 0 aliphatic carbocycles. The molecule has 0 saturated carbocycles. The SMILES string of the molecule is CCN(CC(=O)NCc1cccs1)C(=O)CSc1ncc(-c2ccccc2)n1CC(F)(F)F. The lowest BCUT2D eigenvalue weighted by Gasteiger charge is -2.20. The summed E-state index contributed by atoms with van der Waals surface area (Å²) in [6.45, 7) is 1.10. The van der Waals surface area contributed by atoms with Gasteiger partial charge in [-0.15, -0.1) is 11.3 Å². The van der Waals surface area contributed by atoms with E-state index in [-0.39, 0.29) is 29.3 Å². The molecule has 0 radical (unpaired) electrons. The molecule has 176 valence electrons. The number of likely N-dealkylation sites (N-methyl/N-ethyl adjacent to an activating group) is 1. The fourth-order valence-corrected chi connectivity index (χ4v) is 4.59. The standard InChI is InChI=1S/C22H23F3N4O2S2/c1-2-28(13-19(30)26-11-17-9-6-10-32-17)20(31)14-33-21-27-12-18(16-7-4-3-5-8-16)29(21)15-22(23,24)25/h3-10,12H,2,11,13-15H2,1H3,(H,26,30). The van der Waals surface area contributed by atoms with Crippen molar-refractivity contribution in [1.29, 1.82) is 0 Å². The molecule has 0 aliphatic heterocycles. The number of benzene rings is 1. The van der Waals surface area contributed by atoms with E-state index in [4.69, 9.17) is 0 Å². The first-order valence-electron chi connectivity index (χ1n) is 10.1. The Hall–Kier alpha value is -2.79. The summed E-state index contributed by atoms with van der Waals surface area (Å²) in [6, 6.07) is 12.4. The van der Waals surface area contributed by atoms with Crippen LogP contribution in [0, 0.1) is 0 Å². The van der Waals surface area contributed by atoms with Gasteiger partial charge >= 0.3 is 6.18 Å². The smallest absolute Gasteiger partial charge is 0.350 e. The van der Waals surface area contributed by atoms with Crippen molar-refractivity contribution in [3.05, 3.63) is 58.9 Å². The summed E-state index contributed by atoms with van der Waals surface area (Å²) < 4.78 is 40.7.